The number of hydrogen-bond donors (Lipinski definition) is 2. The Bertz CT molecular complexity index is 353. The fraction of sp³-hybridized carbons (Fsp3) is 0.545. The molecule has 1 rings (SSSR count). The monoisotopic (exact) mass is 289 g/mol. The summed E-state index contributed by atoms with van der Waals surface area (Å²) in [6.07, 6.45) is 0. The van der Waals surface area contributed by atoms with Crippen molar-refractivity contribution >= 4 is 15.9 Å². The number of aryl methyl sites for hydroxylation is 1. The standard InChI is InChI=1S/C11H16BrNO3/c1-8-9(12)3-4-10(13-8)16-7-11(2,5-14)6-15/h3-4,14-15H,5-7H2,1-2H3. The second-order valence-corrected chi connectivity index (χ2v) is 4.99. The number of halogens is 1. The van der Waals surface area contributed by atoms with Crippen LogP contribution in [-0.2, 0) is 0 Å². The third-order valence-corrected chi connectivity index (χ3v) is 3.17. The van der Waals surface area contributed by atoms with E-state index in [1.807, 2.05) is 13.0 Å². The molecule has 1 aromatic heterocycles. The maximum absolute atomic E-state index is 9.09. The lowest BCUT2D eigenvalue weighted by Gasteiger charge is -2.24. The summed E-state index contributed by atoms with van der Waals surface area (Å²) in [5.74, 6) is 0.494. The van der Waals surface area contributed by atoms with Gasteiger partial charge in [-0.1, -0.05) is 6.92 Å². The van der Waals surface area contributed by atoms with Gasteiger partial charge in [0.05, 0.1) is 25.5 Å². The minimum atomic E-state index is -0.636. The van der Waals surface area contributed by atoms with Crippen LogP contribution in [0.4, 0.5) is 0 Å². The predicted molar refractivity (Wildman–Crippen MR) is 64.4 cm³/mol. The van der Waals surface area contributed by atoms with Gasteiger partial charge in [0.15, 0.2) is 0 Å². The van der Waals surface area contributed by atoms with Crippen molar-refractivity contribution in [3.05, 3.63) is 22.3 Å². The van der Waals surface area contributed by atoms with Crippen LogP contribution in [0.15, 0.2) is 16.6 Å². The Kier molecular flexibility index (Phi) is 4.70. The van der Waals surface area contributed by atoms with Gasteiger partial charge in [0.2, 0.25) is 5.88 Å². The summed E-state index contributed by atoms with van der Waals surface area (Å²) < 4.78 is 6.36. The molecule has 0 bridgehead atoms. The molecule has 0 aliphatic heterocycles. The average molecular weight is 290 g/mol. The van der Waals surface area contributed by atoms with Gasteiger partial charge in [0.1, 0.15) is 0 Å². The Balaban J connectivity index is 2.64. The molecule has 0 unspecified atom stereocenters. The number of hydrogen-bond acceptors (Lipinski definition) is 4. The summed E-state index contributed by atoms with van der Waals surface area (Å²) in [7, 11) is 0. The van der Waals surface area contributed by atoms with Crippen LogP contribution in [0.25, 0.3) is 0 Å². The van der Waals surface area contributed by atoms with Gasteiger partial charge in [-0.2, -0.15) is 0 Å². The summed E-state index contributed by atoms with van der Waals surface area (Å²) in [5.41, 5.74) is 0.204. The summed E-state index contributed by atoms with van der Waals surface area (Å²) in [6.45, 7) is 3.60. The maximum Gasteiger partial charge on any atom is 0.213 e. The van der Waals surface area contributed by atoms with Gasteiger partial charge < -0.3 is 14.9 Å². The van der Waals surface area contributed by atoms with Crippen LogP contribution in [0.2, 0.25) is 0 Å². The van der Waals surface area contributed by atoms with Crippen molar-refractivity contribution in [3.63, 3.8) is 0 Å². The molecule has 0 aromatic carbocycles. The molecule has 1 aromatic rings. The number of aliphatic hydroxyl groups is 2. The quantitative estimate of drug-likeness (QED) is 0.863. The Hall–Kier alpha value is -0.650. The molecule has 16 heavy (non-hydrogen) atoms. The minimum Gasteiger partial charge on any atom is -0.477 e. The normalized spacial score (nSPS) is 11.6. The fourth-order valence-corrected chi connectivity index (χ4v) is 1.21. The maximum atomic E-state index is 9.09. The van der Waals surface area contributed by atoms with Crippen molar-refractivity contribution in [2.45, 2.75) is 13.8 Å². The first kappa shape index (κ1) is 13.4. The van der Waals surface area contributed by atoms with E-state index in [1.54, 1.807) is 13.0 Å². The van der Waals surface area contributed by atoms with Crippen LogP contribution in [0.3, 0.4) is 0 Å². The Morgan fingerprint density at radius 3 is 2.50 bits per heavy atom. The molecule has 0 amide bonds. The number of pyridine rings is 1. The second-order valence-electron chi connectivity index (χ2n) is 4.13. The minimum absolute atomic E-state index is 0.126. The molecule has 0 atom stereocenters. The molecule has 2 N–H and O–H groups in total. The molecule has 1 heterocycles. The van der Waals surface area contributed by atoms with Gasteiger partial charge in [0.25, 0.3) is 0 Å². The SMILES string of the molecule is Cc1nc(OCC(C)(CO)CO)ccc1Br. The summed E-state index contributed by atoms with van der Waals surface area (Å²) in [5, 5.41) is 18.2. The molecular weight excluding hydrogens is 274 g/mol. The molecule has 4 nitrogen and oxygen atoms in total. The Labute approximate surface area is 103 Å². The zero-order valence-electron chi connectivity index (χ0n) is 9.40. The third kappa shape index (κ3) is 3.43. The highest BCUT2D eigenvalue weighted by Crippen LogP contribution is 2.20. The number of ether oxygens (including phenoxy) is 1. The van der Waals surface area contributed by atoms with Crippen molar-refractivity contribution in [1.29, 1.82) is 0 Å². The van der Waals surface area contributed by atoms with Gasteiger partial charge in [-0.25, -0.2) is 4.98 Å². The number of aromatic nitrogens is 1. The number of nitrogens with zero attached hydrogens (tertiary/aromatic N) is 1. The first-order chi connectivity index (χ1) is 7.50. The molecule has 0 saturated carbocycles. The zero-order chi connectivity index (χ0) is 12.2. The molecule has 0 radical (unpaired) electrons. The van der Waals surface area contributed by atoms with Crippen molar-refractivity contribution in [2.24, 2.45) is 5.41 Å². The van der Waals surface area contributed by atoms with Crippen molar-refractivity contribution < 1.29 is 14.9 Å². The lowest BCUT2D eigenvalue weighted by Crippen LogP contribution is -2.33. The van der Waals surface area contributed by atoms with Gasteiger partial charge in [-0.3, -0.25) is 0 Å². The number of aliphatic hydroxyl groups excluding tert-OH is 2. The van der Waals surface area contributed by atoms with Gasteiger partial charge in [-0.05, 0) is 28.9 Å². The van der Waals surface area contributed by atoms with E-state index in [1.165, 1.54) is 0 Å². The van der Waals surface area contributed by atoms with Crippen LogP contribution in [0, 0.1) is 12.3 Å². The molecule has 0 spiro atoms. The summed E-state index contributed by atoms with van der Waals surface area (Å²) >= 11 is 3.35. The Morgan fingerprint density at radius 1 is 1.38 bits per heavy atom. The van der Waals surface area contributed by atoms with Crippen molar-refractivity contribution in [3.8, 4) is 5.88 Å². The molecule has 0 aliphatic rings. The van der Waals surface area contributed by atoms with E-state index < -0.39 is 5.41 Å². The van der Waals surface area contributed by atoms with Crippen LogP contribution in [0.1, 0.15) is 12.6 Å². The van der Waals surface area contributed by atoms with E-state index in [2.05, 4.69) is 20.9 Å². The summed E-state index contributed by atoms with van der Waals surface area (Å²) in [6, 6.07) is 3.60. The molecule has 90 valence electrons. The largest absolute Gasteiger partial charge is 0.477 e. The molecule has 0 aliphatic carbocycles. The highest BCUT2D eigenvalue weighted by molar-refractivity contribution is 9.10. The molecule has 5 heteroatoms. The highest BCUT2D eigenvalue weighted by Gasteiger charge is 2.23. The Morgan fingerprint density at radius 2 is 2.00 bits per heavy atom. The van der Waals surface area contributed by atoms with E-state index in [0.717, 1.165) is 10.2 Å². The van der Waals surface area contributed by atoms with Gasteiger partial charge >= 0.3 is 0 Å². The van der Waals surface area contributed by atoms with Gasteiger partial charge in [0, 0.05) is 16.0 Å². The van der Waals surface area contributed by atoms with Crippen LogP contribution >= 0.6 is 15.9 Å². The predicted octanol–water partition coefficient (Wildman–Crippen LogP) is 1.52. The molecular formula is C11H16BrNO3. The van der Waals surface area contributed by atoms with Crippen molar-refractivity contribution in [2.75, 3.05) is 19.8 Å². The van der Waals surface area contributed by atoms with E-state index >= 15 is 0 Å². The fourth-order valence-electron chi connectivity index (χ4n) is 0.991. The van der Waals surface area contributed by atoms with Crippen LogP contribution in [-0.4, -0.2) is 35.0 Å². The van der Waals surface area contributed by atoms with E-state index in [-0.39, 0.29) is 19.8 Å². The van der Waals surface area contributed by atoms with E-state index in [0.29, 0.717) is 5.88 Å². The van der Waals surface area contributed by atoms with Crippen molar-refractivity contribution in [1.82, 2.24) is 4.98 Å². The van der Waals surface area contributed by atoms with E-state index in [4.69, 9.17) is 14.9 Å². The highest BCUT2D eigenvalue weighted by atomic mass is 79.9. The summed E-state index contributed by atoms with van der Waals surface area (Å²) in [4.78, 5) is 4.21. The third-order valence-electron chi connectivity index (χ3n) is 2.33. The van der Waals surface area contributed by atoms with E-state index in [9.17, 15) is 0 Å². The lowest BCUT2D eigenvalue weighted by molar-refractivity contribution is 0.0273. The van der Waals surface area contributed by atoms with Crippen LogP contribution in [0.5, 0.6) is 5.88 Å². The van der Waals surface area contributed by atoms with Gasteiger partial charge in [-0.15, -0.1) is 0 Å². The lowest BCUT2D eigenvalue weighted by atomic mass is 9.95. The molecule has 0 fully saturated rings. The average Bonchev–Trinajstić information content (AvgIpc) is 2.30. The second kappa shape index (κ2) is 5.61. The zero-order valence-corrected chi connectivity index (χ0v) is 11.0. The topological polar surface area (TPSA) is 62.6 Å². The molecule has 0 saturated heterocycles. The first-order valence-electron chi connectivity index (χ1n) is 4.98. The van der Waals surface area contributed by atoms with Crippen LogP contribution < -0.4 is 4.74 Å². The number of rotatable bonds is 5. The first-order valence-corrected chi connectivity index (χ1v) is 5.78. The smallest absolute Gasteiger partial charge is 0.213 e.